The molecule has 0 aromatic heterocycles. The Morgan fingerprint density at radius 1 is 1.30 bits per heavy atom. The van der Waals surface area contributed by atoms with E-state index in [0.29, 0.717) is 6.54 Å². The molecule has 1 atom stereocenters. The summed E-state index contributed by atoms with van der Waals surface area (Å²) in [6.45, 7) is 6.23. The Bertz CT molecular complexity index is 460. The van der Waals surface area contributed by atoms with E-state index in [2.05, 4.69) is 18.7 Å². The van der Waals surface area contributed by atoms with Crippen molar-refractivity contribution in [2.45, 2.75) is 38.3 Å². The lowest BCUT2D eigenvalue weighted by molar-refractivity contribution is 0.117. The van der Waals surface area contributed by atoms with Gasteiger partial charge in [0.1, 0.15) is 11.5 Å². The van der Waals surface area contributed by atoms with Crippen molar-refractivity contribution in [2.24, 2.45) is 5.73 Å². The molecule has 1 unspecified atom stereocenters. The molecule has 1 heterocycles. The molecular weight excluding hydrogens is 252 g/mol. The highest BCUT2D eigenvalue weighted by Gasteiger charge is 2.37. The lowest BCUT2D eigenvalue weighted by Gasteiger charge is -2.38. The van der Waals surface area contributed by atoms with Gasteiger partial charge in [0.15, 0.2) is 0 Å². The number of likely N-dealkylation sites (tertiary alicyclic amines) is 1. The first kappa shape index (κ1) is 15.1. The van der Waals surface area contributed by atoms with Gasteiger partial charge in [-0.15, -0.1) is 0 Å². The minimum atomic E-state index is 0.164. The Balaban J connectivity index is 2.40. The number of nitrogens with two attached hydrogens (primary N) is 1. The Morgan fingerprint density at radius 3 is 2.55 bits per heavy atom. The van der Waals surface area contributed by atoms with Crippen LogP contribution >= 0.6 is 0 Å². The van der Waals surface area contributed by atoms with Crippen LogP contribution in [-0.4, -0.2) is 37.7 Å². The molecule has 2 N–H and O–H groups in total. The first-order valence-corrected chi connectivity index (χ1v) is 7.22. The molecule has 1 aromatic carbocycles. The summed E-state index contributed by atoms with van der Waals surface area (Å²) < 4.78 is 10.9. The Morgan fingerprint density at radius 2 is 2.05 bits per heavy atom. The smallest absolute Gasteiger partial charge is 0.123 e. The van der Waals surface area contributed by atoms with E-state index in [9.17, 15) is 0 Å². The van der Waals surface area contributed by atoms with Crippen LogP contribution in [0.25, 0.3) is 0 Å². The van der Waals surface area contributed by atoms with Crippen molar-refractivity contribution < 1.29 is 9.47 Å². The van der Waals surface area contributed by atoms with Crippen molar-refractivity contribution >= 4 is 0 Å². The highest BCUT2D eigenvalue weighted by Crippen LogP contribution is 2.39. The molecule has 0 spiro atoms. The average Bonchev–Trinajstić information content (AvgIpc) is 2.79. The van der Waals surface area contributed by atoms with Crippen molar-refractivity contribution in [1.29, 1.82) is 0 Å². The second-order valence-electron chi connectivity index (χ2n) is 5.97. The zero-order valence-corrected chi connectivity index (χ0v) is 13.0. The van der Waals surface area contributed by atoms with Crippen molar-refractivity contribution in [3.05, 3.63) is 23.8 Å². The van der Waals surface area contributed by atoms with Crippen LogP contribution in [0, 0.1) is 0 Å². The van der Waals surface area contributed by atoms with E-state index in [1.54, 1.807) is 14.2 Å². The summed E-state index contributed by atoms with van der Waals surface area (Å²) in [6.07, 6.45) is 2.42. The quantitative estimate of drug-likeness (QED) is 0.899. The Hall–Kier alpha value is -1.26. The van der Waals surface area contributed by atoms with Crippen molar-refractivity contribution in [3.63, 3.8) is 0 Å². The molecular formula is C16H26N2O2. The molecule has 4 heteroatoms. The topological polar surface area (TPSA) is 47.7 Å². The molecule has 1 saturated heterocycles. The van der Waals surface area contributed by atoms with Gasteiger partial charge < -0.3 is 15.2 Å². The number of rotatable bonds is 5. The maximum atomic E-state index is 6.08. The summed E-state index contributed by atoms with van der Waals surface area (Å²) in [5.74, 6) is 1.72. The molecule has 1 fully saturated rings. The van der Waals surface area contributed by atoms with Gasteiger partial charge in [-0.2, -0.15) is 0 Å². The van der Waals surface area contributed by atoms with Gasteiger partial charge in [-0.25, -0.2) is 0 Å². The SMILES string of the molecule is COc1ccc(OC)c(C(CN)N2CCCC2(C)C)c1. The summed E-state index contributed by atoms with van der Waals surface area (Å²) in [4.78, 5) is 2.49. The predicted molar refractivity (Wildman–Crippen MR) is 81.4 cm³/mol. The Labute approximate surface area is 121 Å². The van der Waals surface area contributed by atoms with Crippen molar-refractivity contribution in [2.75, 3.05) is 27.3 Å². The zero-order valence-electron chi connectivity index (χ0n) is 13.0. The van der Waals surface area contributed by atoms with Gasteiger partial charge in [0.05, 0.1) is 20.3 Å². The summed E-state index contributed by atoms with van der Waals surface area (Å²) in [5.41, 5.74) is 7.38. The standard InChI is InChI=1S/C16H26N2O2/c1-16(2)8-5-9-18(16)14(11-17)13-10-12(19-3)6-7-15(13)20-4/h6-7,10,14H,5,8-9,11,17H2,1-4H3. The van der Waals surface area contributed by atoms with Gasteiger partial charge in [-0.1, -0.05) is 0 Å². The van der Waals surface area contributed by atoms with E-state index < -0.39 is 0 Å². The third kappa shape index (κ3) is 2.76. The van der Waals surface area contributed by atoms with Gasteiger partial charge >= 0.3 is 0 Å². The number of nitrogens with zero attached hydrogens (tertiary/aromatic N) is 1. The normalized spacial score (nSPS) is 19.9. The number of hydrogen-bond donors (Lipinski definition) is 1. The van der Waals surface area contributed by atoms with Crippen LogP contribution in [0.4, 0.5) is 0 Å². The monoisotopic (exact) mass is 278 g/mol. The van der Waals surface area contributed by atoms with Gasteiger partial charge in [-0.05, 0) is 51.4 Å². The molecule has 20 heavy (non-hydrogen) atoms. The predicted octanol–water partition coefficient (Wildman–Crippen LogP) is 2.58. The van der Waals surface area contributed by atoms with E-state index >= 15 is 0 Å². The number of hydrogen-bond acceptors (Lipinski definition) is 4. The van der Waals surface area contributed by atoms with E-state index in [-0.39, 0.29) is 11.6 Å². The number of methoxy groups -OCH3 is 2. The van der Waals surface area contributed by atoms with Crippen LogP contribution in [0.1, 0.15) is 38.3 Å². The molecule has 4 nitrogen and oxygen atoms in total. The molecule has 0 aliphatic carbocycles. The minimum absolute atomic E-state index is 0.164. The van der Waals surface area contributed by atoms with E-state index in [1.165, 1.54) is 12.8 Å². The summed E-state index contributed by atoms with van der Waals surface area (Å²) in [5, 5.41) is 0. The van der Waals surface area contributed by atoms with Crippen LogP contribution in [0.3, 0.4) is 0 Å². The maximum absolute atomic E-state index is 6.08. The zero-order chi connectivity index (χ0) is 14.8. The second-order valence-corrected chi connectivity index (χ2v) is 5.97. The van der Waals surface area contributed by atoms with Gasteiger partial charge in [-0.3, -0.25) is 4.90 Å². The summed E-state index contributed by atoms with van der Waals surface area (Å²) >= 11 is 0. The van der Waals surface area contributed by atoms with E-state index in [1.807, 2.05) is 18.2 Å². The first-order chi connectivity index (χ1) is 9.53. The summed E-state index contributed by atoms with van der Waals surface area (Å²) in [7, 11) is 3.39. The largest absolute Gasteiger partial charge is 0.497 e. The molecule has 0 saturated carbocycles. The van der Waals surface area contributed by atoms with Gasteiger partial charge in [0.2, 0.25) is 0 Å². The van der Waals surface area contributed by atoms with Crippen molar-refractivity contribution in [3.8, 4) is 11.5 Å². The average molecular weight is 278 g/mol. The van der Waals surface area contributed by atoms with E-state index in [0.717, 1.165) is 23.6 Å². The van der Waals surface area contributed by atoms with E-state index in [4.69, 9.17) is 15.2 Å². The fourth-order valence-electron chi connectivity index (χ4n) is 3.23. The fourth-order valence-corrected chi connectivity index (χ4v) is 3.23. The molecule has 0 amide bonds. The van der Waals surface area contributed by atoms with Crippen LogP contribution < -0.4 is 15.2 Å². The van der Waals surface area contributed by atoms with Gasteiger partial charge in [0, 0.05) is 17.6 Å². The Kier molecular flexibility index (Phi) is 4.55. The lowest BCUT2D eigenvalue weighted by Crippen LogP contribution is -2.43. The van der Waals surface area contributed by atoms with Crippen LogP contribution in [0.5, 0.6) is 11.5 Å². The van der Waals surface area contributed by atoms with Crippen LogP contribution in [0.2, 0.25) is 0 Å². The second kappa shape index (κ2) is 6.02. The number of benzene rings is 1. The highest BCUT2D eigenvalue weighted by molar-refractivity contribution is 5.42. The molecule has 1 aromatic rings. The first-order valence-electron chi connectivity index (χ1n) is 7.22. The molecule has 1 aliphatic rings. The number of ether oxygens (including phenoxy) is 2. The molecule has 1 aliphatic heterocycles. The molecule has 0 bridgehead atoms. The maximum Gasteiger partial charge on any atom is 0.123 e. The van der Waals surface area contributed by atoms with Crippen LogP contribution in [0.15, 0.2) is 18.2 Å². The molecule has 112 valence electrons. The highest BCUT2D eigenvalue weighted by atomic mass is 16.5. The lowest BCUT2D eigenvalue weighted by atomic mass is 9.96. The molecule has 2 rings (SSSR count). The van der Waals surface area contributed by atoms with Gasteiger partial charge in [0.25, 0.3) is 0 Å². The van der Waals surface area contributed by atoms with Crippen molar-refractivity contribution in [1.82, 2.24) is 4.90 Å². The molecule has 0 radical (unpaired) electrons. The van der Waals surface area contributed by atoms with Crippen LogP contribution in [-0.2, 0) is 0 Å². The third-order valence-electron chi connectivity index (χ3n) is 4.36. The summed E-state index contributed by atoms with van der Waals surface area (Å²) in [6, 6.07) is 6.09. The fraction of sp³-hybridized carbons (Fsp3) is 0.625. The third-order valence-corrected chi connectivity index (χ3v) is 4.36. The minimum Gasteiger partial charge on any atom is -0.497 e.